The molecule has 10 heteroatoms. The molecule has 0 radical (unpaired) electrons. The Morgan fingerprint density at radius 2 is 1.81 bits per heavy atom. The molecular weight excluding hydrogens is 471 g/mol. The number of hydrogen-bond donors (Lipinski definition) is 1. The van der Waals surface area contributed by atoms with E-state index in [0.29, 0.717) is 53.9 Å². The van der Waals surface area contributed by atoms with Gasteiger partial charge >= 0.3 is 0 Å². The first-order valence-corrected chi connectivity index (χ1v) is 13.2. The predicted molar refractivity (Wildman–Crippen MR) is 130 cm³/mol. The third kappa shape index (κ3) is 6.73. The van der Waals surface area contributed by atoms with Crippen molar-refractivity contribution in [3.8, 4) is 0 Å². The SMILES string of the molecule is CCCCCCS(=O)(=O)Nc1ccc(N2CCN(C(=O)c3cc(Cl)ccc3Cl)CC2)nc1. The van der Waals surface area contributed by atoms with Gasteiger partial charge in [0.2, 0.25) is 10.0 Å². The van der Waals surface area contributed by atoms with Crippen LogP contribution in [0, 0.1) is 0 Å². The average molecular weight is 499 g/mol. The second kappa shape index (κ2) is 11.2. The Morgan fingerprint density at radius 1 is 1.06 bits per heavy atom. The van der Waals surface area contributed by atoms with E-state index in [4.69, 9.17) is 23.2 Å². The van der Waals surface area contributed by atoms with Gasteiger partial charge in [-0.2, -0.15) is 0 Å². The molecule has 1 N–H and O–H groups in total. The van der Waals surface area contributed by atoms with Crippen molar-refractivity contribution in [1.82, 2.24) is 9.88 Å². The first-order chi connectivity index (χ1) is 15.3. The summed E-state index contributed by atoms with van der Waals surface area (Å²) < 4.78 is 27.0. The number of sulfonamides is 1. The highest BCUT2D eigenvalue weighted by Gasteiger charge is 2.24. The molecule has 0 atom stereocenters. The number of carbonyl (C=O) groups is 1. The van der Waals surface area contributed by atoms with Crippen molar-refractivity contribution in [3.63, 3.8) is 0 Å². The highest BCUT2D eigenvalue weighted by atomic mass is 35.5. The van der Waals surface area contributed by atoms with Crippen LogP contribution in [0.1, 0.15) is 43.0 Å². The quantitative estimate of drug-likeness (QED) is 0.507. The largest absolute Gasteiger partial charge is 0.353 e. The second-order valence-corrected chi connectivity index (χ2v) is 10.5. The molecule has 0 saturated carbocycles. The van der Waals surface area contributed by atoms with Gasteiger partial charge in [0, 0.05) is 31.2 Å². The summed E-state index contributed by atoms with van der Waals surface area (Å²) in [6, 6.07) is 8.37. The summed E-state index contributed by atoms with van der Waals surface area (Å²) in [5.74, 6) is 0.707. The van der Waals surface area contributed by atoms with E-state index < -0.39 is 10.0 Å². The van der Waals surface area contributed by atoms with Crippen LogP contribution in [-0.4, -0.2) is 56.1 Å². The number of halogens is 2. The van der Waals surface area contributed by atoms with Crippen LogP contribution in [0.2, 0.25) is 10.0 Å². The number of aromatic nitrogens is 1. The lowest BCUT2D eigenvalue weighted by atomic mass is 10.1. The van der Waals surface area contributed by atoms with Gasteiger partial charge in [-0.1, -0.05) is 49.4 Å². The number of amides is 1. The van der Waals surface area contributed by atoms with E-state index in [1.54, 1.807) is 35.2 Å². The van der Waals surface area contributed by atoms with Gasteiger partial charge in [0.05, 0.1) is 28.2 Å². The van der Waals surface area contributed by atoms with Gasteiger partial charge < -0.3 is 9.80 Å². The Hall–Kier alpha value is -2.03. The molecule has 1 amide bonds. The third-order valence-corrected chi connectivity index (χ3v) is 7.28. The lowest BCUT2D eigenvalue weighted by Gasteiger charge is -2.35. The minimum Gasteiger partial charge on any atom is -0.353 e. The number of carbonyl (C=O) groups excluding carboxylic acids is 1. The number of nitrogens with zero attached hydrogens (tertiary/aromatic N) is 3. The number of rotatable bonds is 9. The maximum Gasteiger partial charge on any atom is 0.255 e. The average Bonchev–Trinajstić information content (AvgIpc) is 2.78. The minimum atomic E-state index is -3.37. The maximum atomic E-state index is 12.8. The molecular formula is C22H28Cl2N4O3S. The number of piperazine rings is 1. The highest BCUT2D eigenvalue weighted by molar-refractivity contribution is 7.92. The van der Waals surface area contributed by atoms with Crippen LogP contribution in [-0.2, 0) is 10.0 Å². The Balaban J connectivity index is 1.53. The second-order valence-electron chi connectivity index (χ2n) is 7.79. The third-order valence-electron chi connectivity index (χ3n) is 5.34. The summed E-state index contributed by atoms with van der Waals surface area (Å²) in [7, 11) is -3.37. The van der Waals surface area contributed by atoms with Gasteiger partial charge in [-0.15, -0.1) is 0 Å². The van der Waals surface area contributed by atoms with E-state index in [2.05, 4.69) is 21.5 Å². The van der Waals surface area contributed by atoms with Crippen molar-refractivity contribution in [3.05, 3.63) is 52.1 Å². The van der Waals surface area contributed by atoms with Crippen LogP contribution < -0.4 is 9.62 Å². The lowest BCUT2D eigenvalue weighted by molar-refractivity contribution is 0.0746. The fourth-order valence-corrected chi connectivity index (χ4v) is 5.09. The molecule has 1 aromatic carbocycles. The number of anilines is 2. The normalized spacial score (nSPS) is 14.5. The zero-order valence-corrected chi connectivity index (χ0v) is 20.4. The van der Waals surface area contributed by atoms with Crippen molar-refractivity contribution in [2.45, 2.75) is 32.6 Å². The highest BCUT2D eigenvalue weighted by Crippen LogP contribution is 2.23. The molecule has 7 nitrogen and oxygen atoms in total. The van der Waals surface area contributed by atoms with Crippen molar-refractivity contribution in [1.29, 1.82) is 0 Å². The standard InChI is InChI=1S/C22H28Cl2N4O3S/c1-2-3-4-5-14-32(30,31)26-18-7-9-21(25-16-18)27-10-12-28(13-11-27)22(29)19-15-17(23)6-8-20(19)24/h6-9,15-16,26H,2-5,10-14H2,1H3. The van der Waals surface area contributed by atoms with Gasteiger partial charge in [0.25, 0.3) is 5.91 Å². The zero-order chi connectivity index (χ0) is 23.1. The van der Waals surface area contributed by atoms with Gasteiger partial charge in [-0.25, -0.2) is 13.4 Å². The van der Waals surface area contributed by atoms with Crippen LogP contribution in [0.3, 0.4) is 0 Å². The van der Waals surface area contributed by atoms with Crippen LogP contribution in [0.4, 0.5) is 11.5 Å². The fourth-order valence-electron chi connectivity index (χ4n) is 3.55. The van der Waals surface area contributed by atoms with E-state index >= 15 is 0 Å². The monoisotopic (exact) mass is 498 g/mol. The van der Waals surface area contributed by atoms with Gasteiger partial charge in [-0.3, -0.25) is 9.52 Å². The maximum absolute atomic E-state index is 12.8. The van der Waals surface area contributed by atoms with Gasteiger partial charge in [0.15, 0.2) is 0 Å². The fraction of sp³-hybridized carbons (Fsp3) is 0.455. The molecule has 3 rings (SSSR count). The predicted octanol–water partition coefficient (Wildman–Crippen LogP) is 4.67. The molecule has 1 saturated heterocycles. The lowest BCUT2D eigenvalue weighted by Crippen LogP contribution is -2.49. The number of unbranched alkanes of at least 4 members (excludes halogenated alkanes) is 3. The van der Waals surface area contributed by atoms with Crippen molar-refractivity contribution in [2.75, 3.05) is 41.6 Å². The number of benzene rings is 1. The van der Waals surface area contributed by atoms with Crippen molar-refractivity contribution in [2.24, 2.45) is 0 Å². The van der Waals surface area contributed by atoms with Crippen LogP contribution in [0.25, 0.3) is 0 Å². The van der Waals surface area contributed by atoms with E-state index in [0.717, 1.165) is 25.1 Å². The smallest absolute Gasteiger partial charge is 0.255 e. The Kier molecular flexibility index (Phi) is 8.62. The molecule has 2 aromatic rings. The molecule has 0 spiro atoms. The van der Waals surface area contributed by atoms with Crippen molar-refractivity contribution < 1.29 is 13.2 Å². The number of hydrogen-bond acceptors (Lipinski definition) is 5. The molecule has 32 heavy (non-hydrogen) atoms. The molecule has 0 aliphatic carbocycles. The summed E-state index contributed by atoms with van der Waals surface area (Å²) in [6.45, 7) is 4.36. The molecule has 2 heterocycles. The van der Waals surface area contributed by atoms with Gasteiger partial charge in [0.1, 0.15) is 5.82 Å². The molecule has 1 fully saturated rings. The zero-order valence-electron chi connectivity index (χ0n) is 18.1. The van der Waals surface area contributed by atoms with Crippen LogP contribution >= 0.6 is 23.2 Å². The number of nitrogens with one attached hydrogen (secondary N) is 1. The van der Waals surface area contributed by atoms with Gasteiger partial charge in [-0.05, 0) is 36.8 Å². The Labute approximate surface area is 199 Å². The van der Waals surface area contributed by atoms with Crippen LogP contribution in [0.15, 0.2) is 36.5 Å². The first kappa shape index (κ1) is 24.6. The number of pyridine rings is 1. The van der Waals surface area contributed by atoms with E-state index in [1.165, 1.54) is 6.20 Å². The Morgan fingerprint density at radius 3 is 2.47 bits per heavy atom. The Bertz CT molecular complexity index is 1020. The summed E-state index contributed by atoms with van der Waals surface area (Å²) in [4.78, 5) is 21.0. The topological polar surface area (TPSA) is 82.6 Å². The first-order valence-electron chi connectivity index (χ1n) is 10.7. The summed E-state index contributed by atoms with van der Waals surface area (Å²) >= 11 is 12.2. The van der Waals surface area contributed by atoms with E-state index in [9.17, 15) is 13.2 Å². The summed E-state index contributed by atoms with van der Waals surface area (Å²) in [5, 5.41) is 0.851. The molecule has 0 unspecified atom stereocenters. The van der Waals surface area contributed by atoms with Crippen LogP contribution in [0.5, 0.6) is 0 Å². The molecule has 1 aromatic heterocycles. The summed E-state index contributed by atoms with van der Waals surface area (Å²) in [5.41, 5.74) is 0.853. The summed E-state index contributed by atoms with van der Waals surface area (Å²) in [6.07, 6.45) is 5.19. The van der Waals surface area contributed by atoms with E-state index in [-0.39, 0.29) is 11.7 Å². The minimum absolute atomic E-state index is 0.112. The van der Waals surface area contributed by atoms with Crippen molar-refractivity contribution >= 4 is 50.6 Å². The molecule has 0 bridgehead atoms. The molecule has 174 valence electrons. The van der Waals surface area contributed by atoms with E-state index in [1.807, 2.05) is 0 Å². The molecule has 1 aliphatic rings. The molecule has 1 aliphatic heterocycles.